The van der Waals surface area contributed by atoms with Crippen molar-refractivity contribution in [3.8, 4) is 0 Å². The molecule has 0 spiro atoms. The number of nitrogen functional groups attached to an aromatic ring is 1. The number of aliphatic hydroxyl groups excluding tert-OH is 3. The van der Waals surface area contributed by atoms with Crippen LogP contribution in [0.2, 0.25) is 0 Å². The van der Waals surface area contributed by atoms with Gasteiger partial charge in [0.15, 0.2) is 18.3 Å². The van der Waals surface area contributed by atoms with Gasteiger partial charge in [0.2, 0.25) is 5.95 Å². The molecule has 2 aliphatic heterocycles. The van der Waals surface area contributed by atoms with Gasteiger partial charge in [-0.15, -0.1) is 0 Å². The third-order valence-corrected chi connectivity index (χ3v) is 5.11. The largest absolute Gasteiger partial charge is 0.394 e. The third kappa shape index (κ3) is 3.66. The van der Waals surface area contributed by atoms with E-state index in [0.717, 1.165) is 12.0 Å². The Morgan fingerprint density at radius 3 is 2.69 bits per heavy atom. The molecule has 5 atom stereocenters. The smallest absolute Gasteiger partial charge is 0.277 e. The molecule has 11 heteroatoms. The lowest BCUT2D eigenvalue weighted by Crippen LogP contribution is -2.56. The molecule has 1 aromatic heterocycles. The van der Waals surface area contributed by atoms with E-state index in [1.54, 1.807) is 0 Å². The number of nitrogens with one attached hydrogen (secondary N) is 3. The second kappa shape index (κ2) is 7.97. The molecule has 0 saturated carbocycles. The van der Waals surface area contributed by atoms with E-state index in [0.29, 0.717) is 6.54 Å². The minimum Gasteiger partial charge on any atom is -0.394 e. The molecule has 0 amide bonds. The fourth-order valence-corrected chi connectivity index (χ4v) is 3.65. The van der Waals surface area contributed by atoms with E-state index < -0.39 is 43.0 Å². The van der Waals surface area contributed by atoms with Crippen LogP contribution in [-0.2, 0) is 11.2 Å². The predicted octanol–water partition coefficient (Wildman–Crippen LogP) is -1.86. The van der Waals surface area contributed by atoms with Crippen LogP contribution < -0.4 is 26.8 Å². The maximum atomic E-state index is 12.3. The monoisotopic (exact) mass is 404 g/mol. The number of anilines is 3. The van der Waals surface area contributed by atoms with Crippen LogP contribution in [0.25, 0.3) is 0 Å². The van der Waals surface area contributed by atoms with Crippen molar-refractivity contribution < 1.29 is 20.1 Å². The first kappa shape index (κ1) is 19.6. The summed E-state index contributed by atoms with van der Waals surface area (Å²) in [6, 6.07) is 9.87. The summed E-state index contributed by atoms with van der Waals surface area (Å²) in [6.45, 7) is 0.0915. The van der Waals surface area contributed by atoms with Crippen LogP contribution in [0.5, 0.6) is 0 Å². The number of aromatic nitrogens is 2. The second-order valence-corrected chi connectivity index (χ2v) is 7.02. The Morgan fingerprint density at radius 2 is 2.00 bits per heavy atom. The van der Waals surface area contributed by atoms with E-state index >= 15 is 0 Å². The molecule has 156 valence electrons. The van der Waals surface area contributed by atoms with Crippen molar-refractivity contribution in [2.24, 2.45) is 0 Å². The van der Waals surface area contributed by atoms with Gasteiger partial charge in [-0.05, 0) is 12.0 Å². The van der Waals surface area contributed by atoms with Gasteiger partial charge in [-0.3, -0.25) is 20.0 Å². The molecule has 1 fully saturated rings. The van der Waals surface area contributed by atoms with Gasteiger partial charge in [0, 0.05) is 6.54 Å². The molecule has 0 radical (unpaired) electrons. The molecule has 8 N–H and O–H groups in total. The van der Waals surface area contributed by atoms with Gasteiger partial charge in [0.05, 0.1) is 6.61 Å². The van der Waals surface area contributed by atoms with Crippen LogP contribution in [0.15, 0.2) is 35.1 Å². The van der Waals surface area contributed by atoms with Crippen molar-refractivity contribution in [1.29, 1.82) is 0 Å². The van der Waals surface area contributed by atoms with Crippen molar-refractivity contribution in [2.75, 3.05) is 29.1 Å². The molecular weight excluding hydrogens is 380 g/mol. The van der Waals surface area contributed by atoms with Gasteiger partial charge in [-0.2, -0.15) is 4.98 Å². The molecule has 11 nitrogen and oxygen atoms in total. The zero-order valence-corrected chi connectivity index (χ0v) is 15.5. The summed E-state index contributed by atoms with van der Waals surface area (Å²) in [5, 5.41) is 36.3. The Labute approximate surface area is 166 Å². The lowest BCUT2D eigenvalue weighted by molar-refractivity contribution is -0.0245. The van der Waals surface area contributed by atoms with Crippen LogP contribution >= 0.6 is 0 Å². The van der Waals surface area contributed by atoms with Gasteiger partial charge < -0.3 is 31.1 Å². The van der Waals surface area contributed by atoms with E-state index in [1.807, 2.05) is 30.3 Å². The highest BCUT2D eigenvalue weighted by molar-refractivity contribution is 5.72. The molecular formula is C18H24N6O5. The first-order valence-corrected chi connectivity index (χ1v) is 9.34. The number of benzene rings is 1. The van der Waals surface area contributed by atoms with Gasteiger partial charge in [-0.1, -0.05) is 30.3 Å². The van der Waals surface area contributed by atoms with Gasteiger partial charge >= 0.3 is 0 Å². The van der Waals surface area contributed by atoms with Gasteiger partial charge in [0.25, 0.3) is 5.56 Å². The normalized spacial score (nSPS) is 28.4. The molecule has 1 aromatic carbocycles. The van der Waals surface area contributed by atoms with E-state index in [4.69, 9.17) is 10.5 Å². The summed E-state index contributed by atoms with van der Waals surface area (Å²) in [5.41, 5.74) is 6.54. The molecule has 0 aliphatic carbocycles. The minimum absolute atomic E-state index is 0.0859. The SMILES string of the molecule is Nc1nc2c(c(=O)[nH]1)N[C@H](NCCc1ccccc1)N2[C@@H]1O[C@H](CO)[C@H](O)[C@@H]1O. The minimum atomic E-state index is -1.32. The van der Waals surface area contributed by atoms with Crippen molar-refractivity contribution in [1.82, 2.24) is 15.3 Å². The summed E-state index contributed by atoms with van der Waals surface area (Å²) in [6.07, 6.45) is -4.51. The van der Waals surface area contributed by atoms with Crippen molar-refractivity contribution >= 4 is 17.5 Å². The van der Waals surface area contributed by atoms with Gasteiger partial charge in [0.1, 0.15) is 24.0 Å². The van der Waals surface area contributed by atoms with Crippen LogP contribution in [-0.4, -0.2) is 69.3 Å². The summed E-state index contributed by atoms with van der Waals surface area (Å²) >= 11 is 0. The summed E-state index contributed by atoms with van der Waals surface area (Å²) < 4.78 is 5.65. The number of ether oxygens (including phenoxy) is 1. The Balaban J connectivity index is 1.58. The number of hydrogen-bond acceptors (Lipinski definition) is 10. The van der Waals surface area contributed by atoms with Crippen molar-refractivity contribution in [3.63, 3.8) is 0 Å². The second-order valence-electron chi connectivity index (χ2n) is 7.02. The summed E-state index contributed by atoms with van der Waals surface area (Å²) in [7, 11) is 0. The molecule has 3 heterocycles. The van der Waals surface area contributed by atoms with E-state index in [1.165, 1.54) is 4.90 Å². The lowest BCUT2D eigenvalue weighted by atomic mass is 10.1. The molecule has 29 heavy (non-hydrogen) atoms. The van der Waals surface area contributed by atoms with E-state index in [-0.39, 0.29) is 17.5 Å². The number of aromatic amines is 1. The molecule has 4 rings (SSSR count). The maximum absolute atomic E-state index is 12.3. The fourth-order valence-electron chi connectivity index (χ4n) is 3.65. The highest BCUT2D eigenvalue weighted by Gasteiger charge is 2.50. The highest BCUT2D eigenvalue weighted by atomic mass is 16.6. The Morgan fingerprint density at radius 1 is 1.24 bits per heavy atom. The van der Waals surface area contributed by atoms with Crippen LogP contribution in [0.3, 0.4) is 0 Å². The van der Waals surface area contributed by atoms with E-state index in [9.17, 15) is 20.1 Å². The van der Waals surface area contributed by atoms with Crippen LogP contribution in [0.1, 0.15) is 5.56 Å². The quantitative estimate of drug-likeness (QED) is 0.290. The number of hydrogen-bond donors (Lipinski definition) is 7. The molecule has 0 unspecified atom stereocenters. The Hall–Kier alpha value is -2.70. The lowest BCUT2D eigenvalue weighted by Gasteiger charge is -2.33. The van der Waals surface area contributed by atoms with E-state index in [2.05, 4.69) is 20.6 Å². The number of aliphatic hydroxyl groups is 3. The van der Waals surface area contributed by atoms with Crippen molar-refractivity contribution in [3.05, 3.63) is 46.2 Å². The number of nitrogens with zero attached hydrogens (tertiary/aromatic N) is 2. The average Bonchev–Trinajstić information content (AvgIpc) is 3.20. The fraction of sp³-hybridized carbons (Fsp3) is 0.444. The maximum Gasteiger partial charge on any atom is 0.277 e. The zero-order valence-electron chi connectivity index (χ0n) is 15.5. The molecule has 1 saturated heterocycles. The molecule has 0 bridgehead atoms. The van der Waals surface area contributed by atoms with Crippen LogP contribution in [0.4, 0.5) is 17.5 Å². The Kier molecular flexibility index (Phi) is 5.39. The standard InChI is InChI=1S/C18H24N6O5/c19-17-22-14-11(15(28)23-17)21-18(20-7-6-9-4-2-1-3-5-9)24(14)16-13(27)12(26)10(8-25)29-16/h1-5,10,12-13,16,18,20-21,25-27H,6-8H2,(H3,19,22,23,28)/t10-,12+,13+,16-,18+/m1/s1. The Bertz CT molecular complexity index is 909. The summed E-state index contributed by atoms with van der Waals surface area (Å²) in [4.78, 5) is 20.4. The number of H-pyrrole nitrogens is 1. The summed E-state index contributed by atoms with van der Waals surface area (Å²) in [5.74, 6) is 0.107. The predicted molar refractivity (Wildman–Crippen MR) is 105 cm³/mol. The van der Waals surface area contributed by atoms with Crippen molar-refractivity contribution in [2.45, 2.75) is 37.3 Å². The average molecular weight is 404 g/mol. The highest BCUT2D eigenvalue weighted by Crippen LogP contribution is 2.35. The topological polar surface area (TPSA) is 169 Å². The molecule has 2 aromatic rings. The third-order valence-electron chi connectivity index (χ3n) is 5.11. The van der Waals surface area contributed by atoms with Gasteiger partial charge in [-0.25, -0.2) is 0 Å². The molecule has 2 aliphatic rings. The van der Waals surface area contributed by atoms with Crippen LogP contribution in [0, 0.1) is 0 Å². The number of nitrogens with two attached hydrogens (primary N) is 1. The number of fused-ring (bicyclic) bond motifs is 1. The first-order chi connectivity index (χ1) is 14.0. The first-order valence-electron chi connectivity index (χ1n) is 9.34. The zero-order chi connectivity index (χ0) is 20.5. The number of rotatable bonds is 6.